The van der Waals surface area contributed by atoms with Crippen LogP contribution in [0.5, 0.6) is 0 Å². The number of amides is 2. The monoisotopic (exact) mass is 409 g/mol. The zero-order valence-electron chi connectivity index (χ0n) is 16.1. The minimum absolute atomic E-state index is 0.299. The van der Waals surface area contributed by atoms with Gasteiger partial charge in [-0.3, -0.25) is 14.5 Å². The lowest BCUT2D eigenvalue weighted by Crippen LogP contribution is -2.40. The Morgan fingerprint density at radius 1 is 1.17 bits per heavy atom. The van der Waals surface area contributed by atoms with Gasteiger partial charge in [-0.2, -0.15) is 0 Å². The lowest BCUT2D eigenvalue weighted by Gasteiger charge is -2.21. The molecule has 1 aromatic carbocycles. The third kappa shape index (κ3) is 3.43. The summed E-state index contributed by atoms with van der Waals surface area (Å²) >= 11 is 0. The number of hydrogen-bond donors (Lipinski definition) is 2. The number of nitrogens with one attached hydrogen (secondary N) is 1. The van der Waals surface area contributed by atoms with Gasteiger partial charge in [0, 0.05) is 24.0 Å². The maximum absolute atomic E-state index is 13.0. The molecular formula is C20H19N5O5. The largest absolute Gasteiger partial charge is 0.480 e. The Kier molecular flexibility index (Phi) is 5.05. The summed E-state index contributed by atoms with van der Waals surface area (Å²) in [4.78, 5) is 37.2. The van der Waals surface area contributed by atoms with Crippen molar-refractivity contribution in [3.63, 3.8) is 0 Å². The average Bonchev–Trinajstić information content (AvgIpc) is 3.41. The van der Waals surface area contributed by atoms with Gasteiger partial charge in [-0.1, -0.05) is 0 Å². The smallest absolute Gasteiger partial charge is 0.411 e. The van der Waals surface area contributed by atoms with Crippen molar-refractivity contribution in [2.75, 3.05) is 19.0 Å². The molecule has 2 N–H and O–H groups in total. The summed E-state index contributed by atoms with van der Waals surface area (Å²) in [7, 11) is 1.28. The predicted octanol–water partition coefficient (Wildman–Crippen LogP) is 2.26. The Labute approximate surface area is 171 Å². The van der Waals surface area contributed by atoms with E-state index in [0.29, 0.717) is 42.1 Å². The van der Waals surface area contributed by atoms with Crippen LogP contribution in [0.4, 0.5) is 10.5 Å². The SMILES string of the molecule is COC(=O)Nc1ccc(-c2nnc3c(C(=O)N4CCCC4C(=O)O)cccn23)cc1. The van der Waals surface area contributed by atoms with Crippen LogP contribution in [0.15, 0.2) is 42.6 Å². The molecule has 0 aliphatic carbocycles. The maximum atomic E-state index is 13.0. The van der Waals surface area contributed by atoms with Crippen molar-refractivity contribution < 1.29 is 24.2 Å². The van der Waals surface area contributed by atoms with Crippen molar-refractivity contribution in [1.29, 1.82) is 0 Å². The first-order valence-electron chi connectivity index (χ1n) is 9.32. The van der Waals surface area contributed by atoms with E-state index < -0.39 is 18.1 Å². The molecule has 0 saturated carbocycles. The van der Waals surface area contributed by atoms with Crippen molar-refractivity contribution in [3.05, 3.63) is 48.2 Å². The summed E-state index contributed by atoms with van der Waals surface area (Å²) < 4.78 is 6.25. The fraction of sp³-hybridized carbons (Fsp3) is 0.250. The summed E-state index contributed by atoms with van der Waals surface area (Å²) in [5.41, 5.74) is 1.94. The number of rotatable bonds is 4. The predicted molar refractivity (Wildman–Crippen MR) is 106 cm³/mol. The highest BCUT2D eigenvalue weighted by molar-refractivity contribution is 6.01. The van der Waals surface area contributed by atoms with Crippen molar-refractivity contribution >= 4 is 29.3 Å². The van der Waals surface area contributed by atoms with E-state index in [1.165, 1.54) is 12.0 Å². The zero-order valence-corrected chi connectivity index (χ0v) is 16.1. The fourth-order valence-electron chi connectivity index (χ4n) is 3.57. The van der Waals surface area contributed by atoms with Gasteiger partial charge in [0.15, 0.2) is 11.5 Å². The van der Waals surface area contributed by atoms with Crippen LogP contribution in [0.3, 0.4) is 0 Å². The number of nitrogens with zero attached hydrogens (tertiary/aromatic N) is 4. The van der Waals surface area contributed by atoms with Crippen molar-refractivity contribution in [3.8, 4) is 11.4 Å². The minimum Gasteiger partial charge on any atom is -0.480 e. The standard InChI is InChI=1S/C20H19N5O5/c1-30-20(29)21-13-8-6-12(7-9-13)16-22-23-17-14(4-2-11-25(16)17)18(26)24-10-3-5-15(24)19(27)28/h2,4,6-9,11,15H,3,5,10H2,1H3,(H,21,29)(H,27,28). The molecule has 30 heavy (non-hydrogen) atoms. The third-order valence-electron chi connectivity index (χ3n) is 5.04. The maximum Gasteiger partial charge on any atom is 0.411 e. The van der Waals surface area contributed by atoms with Gasteiger partial charge in [-0.15, -0.1) is 10.2 Å². The summed E-state index contributed by atoms with van der Waals surface area (Å²) in [6.45, 7) is 0.395. The van der Waals surface area contributed by atoms with Crippen LogP contribution >= 0.6 is 0 Å². The van der Waals surface area contributed by atoms with E-state index in [1.807, 2.05) is 0 Å². The van der Waals surface area contributed by atoms with Crippen LogP contribution in [0.2, 0.25) is 0 Å². The van der Waals surface area contributed by atoms with Crippen LogP contribution in [-0.4, -0.2) is 62.3 Å². The quantitative estimate of drug-likeness (QED) is 0.677. The van der Waals surface area contributed by atoms with Gasteiger partial charge in [-0.05, 0) is 49.2 Å². The summed E-state index contributed by atoms with van der Waals surface area (Å²) in [6, 6.07) is 9.42. The molecule has 10 nitrogen and oxygen atoms in total. The highest BCUT2D eigenvalue weighted by atomic mass is 16.5. The number of carboxylic acids is 1. The molecule has 2 amide bonds. The molecule has 0 spiro atoms. The Balaban J connectivity index is 1.66. The number of likely N-dealkylation sites (tertiary alicyclic amines) is 1. The number of benzene rings is 1. The van der Waals surface area contributed by atoms with Gasteiger partial charge >= 0.3 is 12.1 Å². The molecule has 10 heteroatoms. The van der Waals surface area contributed by atoms with Gasteiger partial charge in [0.1, 0.15) is 6.04 Å². The molecule has 1 aliphatic rings. The van der Waals surface area contributed by atoms with E-state index >= 15 is 0 Å². The van der Waals surface area contributed by atoms with E-state index in [0.717, 1.165) is 5.56 Å². The highest BCUT2D eigenvalue weighted by Gasteiger charge is 2.35. The molecule has 4 rings (SSSR count). The van der Waals surface area contributed by atoms with Crippen LogP contribution in [0.25, 0.3) is 17.0 Å². The molecule has 1 fully saturated rings. The summed E-state index contributed by atoms with van der Waals surface area (Å²) in [5.74, 6) is -0.863. The molecule has 3 aromatic rings. The normalized spacial score (nSPS) is 15.9. The first kappa shape index (κ1) is 19.4. The van der Waals surface area contributed by atoms with E-state index in [2.05, 4.69) is 20.3 Å². The van der Waals surface area contributed by atoms with Gasteiger partial charge in [0.05, 0.1) is 12.7 Å². The molecule has 0 bridgehead atoms. The van der Waals surface area contributed by atoms with Gasteiger partial charge in [0.2, 0.25) is 0 Å². The lowest BCUT2D eigenvalue weighted by molar-refractivity contribution is -0.141. The minimum atomic E-state index is -1.00. The number of carbonyl (C=O) groups excluding carboxylic acids is 2. The third-order valence-corrected chi connectivity index (χ3v) is 5.04. The molecule has 1 atom stereocenters. The second kappa shape index (κ2) is 7.82. The number of ether oxygens (including phenoxy) is 1. The first-order valence-corrected chi connectivity index (χ1v) is 9.32. The second-order valence-electron chi connectivity index (χ2n) is 6.83. The highest BCUT2D eigenvalue weighted by Crippen LogP contribution is 2.25. The van der Waals surface area contributed by atoms with E-state index in [9.17, 15) is 19.5 Å². The molecule has 0 radical (unpaired) electrons. The van der Waals surface area contributed by atoms with Crippen molar-refractivity contribution in [2.45, 2.75) is 18.9 Å². The number of aromatic nitrogens is 3. The number of methoxy groups -OCH3 is 1. The molecule has 3 heterocycles. The summed E-state index contributed by atoms with van der Waals surface area (Å²) in [6.07, 6.45) is 2.25. The molecule has 154 valence electrons. The van der Waals surface area contributed by atoms with E-state index in [4.69, 9.17) is 0 Å². The Morgan fingerprint density at radius 3 is 2.63 bits per heavy atom. The first-order chi connectivity index (χ1) is 14.5. The lowest BCUT2D eigenvalue weighted by atomic mass is 10.1. The summed E-state index contributed by atoms with van der Waals surface area (Å²) in [5, 5.41) is 20.3. The van der Waals surface area contributed by atoms with Crippen LogP contribution in [-0.2, 0) is 9.53 Å². The molecule has 2 aromatic heterocycles. The number of anilines is 1. The number of carbonyl (C=O) groups is 3. The Hall–Kier alpha value is -3.95. The average molecular weight is 409 g/mol. The van der Waals surface area contributed by atoms with E-state index in [1.54, 1.807) is 47.0 Å². The number of hydrogen-bond acceptors (Lipinski definition) is 6. The van der Waals surface area contributed by atoms with Crippen molar-refractivity contribution in [2.24, 2.45) is 0 Å². The number of aliphatic carboxylic acids is 1. The van der Waals surface area contributed by atoms with Gasteiger partial charge < -0.3 is 14.7 Å². The van der Waals surface area contributed by atoms with Crippen molar-refractivity contribution in [1.82, 2.24) is 19.5 Å². The number of fused-ring (bicyclic) bond motifs is 1. The topological polar surface area (TPSA) is 126 Å². The molecule has 1 aliphatic heterocycles. The van der Waals surface area contributed by atoms with Gasteiger partial charge in [-0.25, -0.2) is 9.59 Å². The van der Waals surface area contributed by atoms with Gasteiger partial charge in [0.25, 0.3) is 5.91 Å². The Morgan fingerprint density at radius 2 is 1.93 bits per heavy atom. The molecule has 1 unspecified atom stereocenters. The number of pyridine rings is 1. The van der Waals surface area contributed by atoms with E-state index in [-0.39, 0.29) is 5.91 Å². The second-order valence-corrected chi connectivity index (χ2v) is 6.83. The van der Waals surface area contributed by atoms with Crippen LogP contribution < -0.4 is 5.32 Å². The fourth-order valence-corrected chi connectivity index (χ4v) is 3.57. The van der Waals surface area contributed by atoms with Crippen LogP contribution in [0.1, 0.15) is 23.2 Å². The van der Waals surface area contributed by atoms with Crippen LogP contribution in [0, 0.1) is 0 Å². The zero-order chi connectivity index (χ0) is 21.3. The number of carboxylic acid groups (broad SMARTS) is 1. The Bertz CT molecular complexity index is 1120. The molecule has 1 saturated heterocycles. The molecular weight excluding hydrogens is 390 g/mol.